The van der Waals surface area contributed by atoms with Gasteiger partial charge < -0.3 is 14.8 Å². The predicted molar refractivity (Wildman–Crippen MR) is 63.8 cm³/mol. The van der Waals surface area contributed by atoms with Crippen molar-refractivity contribution < 1.29 is 14.3 Å². The number of anilines is 1. The van der Waals surface area contributed by atoms with Gasteiger partial charge >= 0.3 is 0 Å². The molecule has 0 spiro atoms. The number of benzene rings is 1. The van der Waals surface area contributed by atoms with Crippen molar-refractivity contribution in [1.29, 1.82) is 0 Å². The van der Waals surface area contributed by atoms with Crippen LogP contribution in [0.1, 0.15) is 16.1 Å². The van der Waals surface area contributed by atoms with Crippen LogP contribution in [-0.4, -0.2) is 22.9 Å². The van der Waals surface area contributed by atoms with Crippen molar-refractivity contribution in [3.05, 3.63) is 35.7 Å². The Labute approximate surface area is 103 Å². The first-order valence-electron chi connectivity index (χ1n) is 5.45. The van der Waals surface area contributed by atoms with Gasteiger partial charge in [-0.15, -0.1) is 0 Å². The third-order valence-corrected chi connectivity index (χ3v) is 2.71. The largest absolute Gasteiger partial charge is 0.454 e. The summed E-state index contributed by atoms with van der Waals surface area (Å²) < 4.78 is 10.4. The lowest BCUT2D eigenvalue weighted by atomic mass is 10.2. The lowest BCUT2D eigenvalue weighted by Gasteiger charge is -2.05. The summed E-state index contributed by atoms with van der Waals surface area (Å²) in [6.07, 6.45) is 1.57. The third-order valence-electron chi connectivity index (χ3n) is 2.71. The topological polar surface area (TPSA) is 76.2 Å². The van der Waals surface area contributed by atoms with Crippen molar-refractivity contribution in [2.75, 3.05) is 12.1 Å². The summed E-state index contributed by atoms with van der Waals surface area (Å²) in [5, 5.41) is 9.34. The molecule has 0 saturated heterocycles. The minimum absolute atomic E-state index is 0.208. The fraction of sp³-hybridized carbons (Fsp3) is 0.167. The van der Waals surface area contributed by atoms with E-state index in [1.807, 2.05) is 0 Å². The van der Waals surface area contributed by atoms with E-state index in [0.29, 0.717) is 28.4 Å². The van der Waals surface area contributed by atoms with E-state index in [-0.39, 0.29) is 12.7 Å². The van der Waals surface area contributed by atoms with Crippen LogP contribution in [0.2, 0.25) is 0 Å². The molecule has 2 aromatic rings. The Bertz CT molecular complexity index is 606. The lowest BCUT2D eigenvalue weighted by Crippen LogP contribution is -2.12. The minimum atomic E-state index is -0.208. The van der Waals surface area contributed by atoms with E-state index >= 15 is 0 Å². The molecular formula is C12H11N3O3. The fourth-order valence-electron chi connectivity index (χ4n) is 1.76. The van der Waals surface area contributed by atoms with Gasteiger partial charge in [-0.25, -0.2) is 0 Å². The van der Waals surface area contributed by atoms with Crippen molar-refractivity contribution in [2.24, 2.45) is 0 Å². The highest BCUT2D eigenvalue weighted by Crippen LogP contribution is 2.34. The molecule has 1 aromatic heterocycles. The molecule has 2 heterocycles. The molecule has 2 N–H and O–H groups in total. The Morgan fingerprint density at radius 3 is 3.00 bits per heavy atom. The number of aryl methyl sites for hydroxylation is 1. The second kappa shape index (κ2) is 4.06. The van der Waals surface area contributed by atoms with E-state index in [0.717, 1.165) is 0 Å². The molecule has 1 aromatic carbocycles. The zero-order valence-corrected chi connectivity index (χ0v) is 9.69. The molecule has 1 aliphatic rings. The van der Waals surface area contributed by atoms with Gasteiger partial charge in [0.15, 0.2) is 11.5 Å². The molecule has 6 heteroatoms. The van der Waals surface area contributed by atoms with Crippen molar-refractivity contribution >= 4 is 11.6 Å². The SMILES string of the molecule is Cc1n[nH]cc1C(=O)Nc1ccc2c(c1)OCO2. The summed E-state index contributed by atoms with van der Waals surface area (Å²) in [5.41, 5.74) is 1.84. The number of aromatic amines is 1. The van der Waals surface area contributed by atoms with Crippen LogP contribution < -0.4 is 14.8 Å². The highest BCUT2D eigenvalue weighted by Gasteiger charge is 2.15. The van der Waals surface area contributed by atoms with Gasteiger partial charge in [-0.2, -0.15) is 5.10 Å². The van der Waals surface area contributed by atoms with E-state index in [2.05, 4.69) is 15.5 Å². The summed E-state index contributed by atoms with van der Waals surface area (Å²) in [6.45, 7) is 1.98. The van der Waals surface area contributed by atoms with Crippen molar-refractivity contribution in [2.45, 2.75) is 6.92 Å². The molecule has 92 valence electrons. The van der Waals surface area contributed by atoms with Gasteiger partial charge in [0.05, 0.1) is 11.3 Å². The molecule has 0 fully saturated rings. The zero-order chi connectivity index (χ0) is 12.5. The van der Waals surface area contributed by atoms with E-state index in [1.54, 1.807) is 31.3 Å². The number of ether oxygens (including phenoxy) is 2. The highest BCUT2D eigenvalue weighted by atomic mass is 16.7. The molecular weight excluding hydrogens is 234 g/mol. The van der Waals surface area contributed by atoms with Crippen LogP contribution in [0.25, 0.3) is 0 Å². The van der Waals surface area contributed by atoms with Gasteiger partial charge in [-0.1, -0.05) is 0 Å². The quantitative estimate of drug-likeness (QED) is 0.844. The lowest BCUT2D eigenvalue weighted by molar-refractivity contribution is 0.102. The van der Waals surface area contributed by atoms with Crippen LogP contribution in [-0.2, 0) is 0 Å². The summed E-state index contributed by atoms with van der Waals surface area (Å²) in [7, 11) is 0. The average molecular weight is 245 g/mol. The number of carbonyl (C=O) groups is 1. The molecule has 0 aliphatic carbocycles. The van der Waals surface area contributed by atoms with E-state index in [4.69, 9.17) is 9.47 Å². The number of fused-ring (bicyclic) bond motifs is 1. The molecule has 1 amide bonds. The van der Waals surface area contributed by atoms with Gasteiger partial charge in [0, 0.05) is 18.0 Å². The normalized spacial score (nSPS) is 12.5. The molecule has 18 heavy (non-hydrogen) atoms. The maximum absolute atomic E-state index is 12.0. The minimum Gasteiger partial charge on any atom is -0.454 e. The molecule has 0 atom stereocenters. The molecule has 0 radical (unpaired) electrons. The number of rotatable bonds is 2. The van der Waals surface area contributed by atoms with Crippen molar-refractivity contribution in [3.63, 3.8) is 0 Å². The summed E-state index contributed by atoms with van der Waals surface area (Å²) in [6, 6.07) is 5.26. The summed E-state index contributed by atoms with van der Waals surface area (Å²) in [4.78, 5) is 12.0. The van der Waals surface area contributed by atoms with Gasteiger partial charge in [0.1, 0.15) is 0 Å². The molecule has 3 rings (SSSR count). The maximum atomic E-state index is 12.0. The Morgan fingerprint density at radius 2 is 2.22 bits per heavy atom. The second-order valence-corrected chi connectivity index (χ2v) is 3.91. The van der Waals surface area contributed by atoms with E-state index in [9.17, 15) is 4.79 Å². The fourth-order valence-corrected chi connectivity index (χ4v) is 1.76. The van der Waals surface area contributed by atoms with Crippen LogP contribution in [0.15, 0.2) is 24.4 Å². The molecule has 0 saturated carbocycles. The first-order chi connectivity index (χ1) is 8.74. The van der Waals surface area contributed by atoms with Crippen molar-refractivity contribution in [3.8, 4) is 11.5 Å². The first-order valence-corrected chi connectivity index (χ1v) is 5.45. The number of aromatic nitrogens is 2. The van der Waals surface area contributed by atoms with Crippen LogP contribution in [0.3, 0.4) is 0 Å². The highest BCUT2D eigenvalue weighted by molar-refractivity contribution is 6.04. The van der Waals surface area contributed by atoms with Gasteiger partial charge in [-0.3, -0.25) is 9.89 Å². The smallest absolute Gasteiger partial charge is 0.259 e. The second-order valence-electron chi connectivity index (χ2n) is 3.91. The van der Waals surface area contributed by atoms with Crippen LogP contribution in [0, 0.1) is 6.92 Å². The monoisotopic (exact) mass is 245 g/mol. The predicted octanol–water partition coefficient (Wildman–Crippen LogP) is 1.70. The number of amides is 1. The van der Waals surface area contributed by atoms with E-state index in [1.165, 1.54) is 0 Å². The Morgan fingerprint density at radius 1 is 1.39 bits per heavy atom. The van der Waals surface area contributed by atoms with Gasteiger partial charge in [0.2, 0.25) is 6.79 Å². The average Bonchev–Trinajstić information content (AvgIpc) is 2.96. The molecule has 0 unspecified atom stereocenters. The van der Waals surface area contributed by atoms with E-state index < -0.39 is 0 Å². The first kappa shape index (κ1) is 10.6. The Kier molecular flexibility index (Phi) is 2.40. The summed E-state index contributed by atoms with van der Waals surface area (Å²) in [5.74, 6) is 1.12. The van der Waals surface area contributed by atoms with Crippen molar-refractivity contribution in [1.82, 2.24) is 10.2 Å². The number of hydrogen-bond donors (Lipinski definition) is 2. The Hall–Kier alpha value is -2.50. The number of hydrogen-bond acceptors (Lipinski definition) is 4. The standard InChI is InChI=1S/C12H11N3O3/c1-7-9(5-13-15-7)12(16)14-8-2-3-10-11(4-8)18-6-17-10/h2-5H,6H2,1H3,(H,13,15)(H,14,16). The van der Waals surface area contributed by atoms with Gasteiger partial charge in [-0.05, 0) is 19.1 Å². The van der Waals surface area contributed by atoms with Crippen LogP contribution in [0.5, 0.6) is 11.5 Å². The number of nitrogens with zero attached hydrogens (tertiary/aromatic N) is 1. The zero-order valence-electron chi connectivity index (χ0n) is 9.69. The molecule has 6 nitrogen and oxygen atoms in total. The van der Waals surface area contributed by atoms with Gasteiger partial charge in [0.25, 0.3) is 5.91 Å². The third kappa shape index (κ3) is 1.77. The maximum Gasteiger partial charge on any atom is 0.259 e. The number of carbonyl (C=O) groups excluding carboxylic acids is 1. The number of H-pyrrole nitrogens is 1. The number of nitrogens with one attached hydrogen (secondary N) is 2. The molecule has 1 aliphatic heterocycles. The van der Waals surface area contributed by atoms with Crippen LogP contribution >= 0.6 is 0 Å². The molecule has 0 bridgehead atoms. The summed E-state index contributed by atoms with van der Waals surface area (Å²) >= 11 is 0. The Balaban J connectivity index is 1.81. The van der Waals surface area contributed by atoms with Crippen LogP contribution in [0.4, 0.5) is 5.69 Å².